The van der Waals surface area contributed by atoms with Crippen LogP contribution in [-0.2, 0) is 13.0 Å². The minimum absolute atomic E-state index is 0.717. The maximum Gasteiger partial charge on any atom is 0.176 e. The van der Waals surface area contributed by atoms with E-state index in [1.165, 1.54) is 0 Å². The van der Waals surface area contributed by atoms with Crippen molar-refractivity contribution in [3.63, 3.8) is 0 Å². The summed E-state index contributed by atoms with van der Waals surface area (Å²) in [5, 5.41) is 21.4. The van der Waals surface area contributed by atoms with Crippen molar-refractivity contribution >= 4 is 5.69 Å². The molecule has 0 saturated heterocycles. The van der Waals surface area contributed by atoms with Crippen LogP contribution >= 0.6 is 0 Å². The summed E-state index contributed by atoms with van der Waals surface area (Å²) in [7, 11) is 0. The average Bonchev–Trinajstić information content (AvgIpc) is 3.16. The summed E-state index contributed by atoms with van der Waals surface area (Å²) in [4.78, 5) is 2.26. The molecular weight excluding hydrogens is 266 g/mol. The number of benzene rings is 1. The van der Waals surface area contributed by atoms with E-state index in [1.54, 1.807) is 0 Å². The van der Waals surface area contributed by atoms with Crippen LogP contribution in [0.4, 0.5) is 5.69 Å². The van der Waals surface area contributed by atoms with Crippen molar-refractivity contribution in [2.75, 3.05) is 11.4 Å². The monoisotopic (exact) mass is 283 g/mol. The molecule has 21 heavy (non-hydrogen) atoms. The van der Waals surface area contributed by atoms with E-state index in [0.717, 1.165) is 36.6 Å². The van der Waals surface area contributed by atoms with Gasteiger partial charge in [0.25, 0.3) is 0 Å². The second-order valence-electron chi connectivity index (χ2n) is 4.88. The van der Waals surface area contributed by atoms with E-state index in [9.17, 15) is 0 Å². The lowest BCUT2D eigenvalue weighted by atomic mass is 10.2. The van der Waals surface area contributed by atoms with Gasteiger partial charge in [-0.3, -0.25) is 5.10 Å². The van der Waals surface area contributed by atoms with Crippen molar-refractivity contribution in [3.8, 4) is 0 Å². The first-order valence-electron chi connectivity index (χ1n) is 6.84. The van der Waals surface area contributed by atoms with Gasteiger partial charge in [-0.15, -0.1) is 10.2 Å². The molecule has 108 valence electrons. The Morgan fingerprint density at radius 1 is 1.14 bits per heavy atom. The highest BCUT2D eigenvalue weighted by molar-refractivity contribution is 5.46. The molecular formula is C14H17N7. The summed E-state index contributed by atoms with van der Waals surface area (Å²) < 4.78 is 0. The fourth-order valence-electron chi connectivity index (χ4n) is 2.21. The Labute approximate surface area is 122 Å². The molecule has 3 aromatic rings. The average molecular weight is 283 g/mol. The number of nitrogens with zero attached hydrogens (tertiary/aromatic N) is 5. The van der Waals surface area contributed by atoms with Crippen LogP contribution in [0.25, 0.3) is 0 Å². The lowest BCUT2D eigenvalue weighted by Crippen LogP contribution is -2.25. The number of rotatable bonds is 6. The summed E-state index contributed by atoms with van der Waals surface area (Å²) in [5.74, 6) is 0.717. The molecule has 0 aliphatic carbocycles. The molecule has 2 N–H and O–H groups in total. The van der Waals surface area contributed by atoms with Gasteiger partial charge in [0.2, 0.25) is 0 Å². The Bertz CT molecular complexity index is 660. The van der Waals surface area contributed by atoms with Crippen LogP contribution in [0.1, 0.15) is 17.2 Å². The van der Waals surface area contributed by atoms with Gasteiger partial charge in [-0.05, 0) is 25.1 Å². The van der Waals surface area contributed by atoms with Gasteiger partial charge in [-0.2, -0.15) is 10.3 Å². The van der Waals surface area contributed by atoms with Crippen LogP contribution in [0.3, 0.4) is 0 Å². The molecule has 0 amide bonds. The van der Waals surface area contributed by atoms with Gasteiger partial charge >= 0.3 is 0 Å². The number of aryl methyl sites for hydroxylation is 1. The van der Waals surface area contributed by atoms with Crippen molar-refractivity contribution in [2.24, 2.45) is 0 Å². The van der Waals surface area contributed by atoms with Crippen LogP contribution in [0.5, 0.6) is 0 Å². The van der Waals surface area contributed by atoms with Crippen LogP contribution in [-0.4, -0.2) is 37.4 Å². The van der Waals surface area contributed by atoms with Gasteiger partial charge in [-0.25, -0.2) is 0 Å². The number of para-hydroxylation sites is 1. The number of nitrogens with one attached hydrogen (secondary N) is 2. The van der Waals surface area contributed by atoms with Gasteiger partial charge < -0.3 is 4.90 Å². The Morgan fingerprint density at radius 3 is 2.67 bits per heavy atom. The molecule has 0 bridgehead atoms. The fraction of sp³-hybridized carbons (Fsp3) is 0.286. The highest BCUT2D eigenvalue weighted by Crippen LogP contribution is 2.16. The van der Waals surface area contributed by atoms with Gasteiger partial charge in [0.1, 0.15) is 0 Å². The first kappa shape index (κ1) is 13.3. The first-order valence-corrected chi connectivity index (χ1v) is 6.84. The van der Waals surface area contributed by atoms with Crippen molar-refractivity contribution in [1.29, 1.82) is 0 Å². The molecule has 2 aromatic heterocycles. The smallest absolute Gasteiger partial charge is 0.176 e. The third-order valence-electron chi connectivity index (χ3n) is 3.23. The molecule has 7 nitrogen and oxygen atoms in total. The Morgan fingerprint density at radius 2 is 2.00 bits per heavy atom. The molecule has 3 rings (SSSR count). The molecule has 0 atom stereocenters. The normalized spacial score (nSPS) is 10.7. The Balaban J connectivity index is 1.74. The van der Waals surface area contributed by atoms with E-state index >= 15 is 0 Å². The van der Waals surface area contributed by atoms with Crippen molar-refractivity contribution in [2.45, 2.75) is 19.9 Å². The van der Waals surface area contributed by atoms with Crippen LogP contribution in [0.2, 0.25) is 0 Å². The highest BCUT2D eigenvalue weighted by Gasteiger charge is 2.10. The van der Waals surface area contributed by atoms with E-state index in [2.05, 4.69) is 53.9 Å². The minimum atomic E-state index is 0.717. The summed E-state index contributed by atoms with van der Waals surface area (Å²) in [5.41, 5.74) is 3.24. The lowest BCUT2D eigenvalue weighted by Gasteiger charge is -2.23. The lowest BCUT2D eigenvalue weighted by molar-refractivity contribution is 0.741. The fourth-order valence-corrected chi connectivity index (χ4v) is 2.21. The summed E-state index contributed by atoms with van der Waals surface area (Å²) in [6.07, 6.45) is 0.731. The summed E-state index contributed by atoms with van der Waals surface area (Å²) in [6, 6.07) is 12.3. The molecule has 0 aliphatic heterocycles. The van der Waals surface area contributed by atoms with E-state index in [4.69, 9.17) is 0 Å². The second-order valence-corrected chi connectivity index (χ2v) is 4.88. The predicted octanol–water partition coefficient (Wildman–Crippen LogP) is 1.48. The zero-order valence-corrected chi connectivity index (χ0v) is 11.8. The third kappa shape index (κ3) is 3.44. The zero-order chi connectivity index (χ0) is 14.5. The molecule has 0 spiro atoms. The minimum Gasteiger partial charge on any atom is -0.365 e. The first-order chi connectivity index (χ1) is 10.3. The number of hydrogen-bond acceptors (Lipinski definition) is 5. The summed E-state index contributed by atoms with van der Waals surface area (Å²) >= 11 is 0. The SMILES string of the molecule is Cc1cc(CN(CCc2nn[nH]n2)c2ccccc2)n[nH]1. The number of hydrogen-bond donors (Lipinski definition) is 2. The molecule has 0 unspecified atom stereocenters. The summed E-state index contributed by atoms with van der Waals surface area (Å²) in [6.45, 7) is 3.55. The van der Waals surface area contributed by atoms with Crippen molar-refractivity contribution in [3.05, 3.63) is 53.6 Å². The molecule has 0 saturated carbocycles. The number of aromatic amines is 2. The maximum atomic E-state index is 4.31. The number of tetrazole rings is 1. The third-order valence-corrected chi connectivity index (χ3v) is 3.23. The molecule has 7 heteroatoms. The van der Waals surface area contributed by atoms with Gasteiger partial charge in [0.15, 0.2) is 5.82 Å². The topological polar surface area (TPSA) is 86.4 Å². The van der Waals surface area contributed by atoms with Gasteiger partial charge in [-0.1, -0.05) is 23.4 Å². The quantitative estimate of drug-likeness (QED) is 0.715. The van der Waals surface area contributed by atoms with Crippen molar-refractivity contribution in [1.82, 2.24) is 30.8 Å². The second kappa shape index (κ2) is 6.17. The molecule has 0 fully saturated rings. The zero-order valence-electron chi connectivity index (χ0n) is 11.8. The molecule has 0 radical (unpaired) electrons. The predicted molar refractivity (Wildman–Crippen MR) is 78.7 cm³/mol. The number of H-pyrrole nitrogens is 2. The van der Waals surface area contributed by atoms with Crippen LogP contribution in [0, 0.1) is 6.92 Å². The Hall–Kier alpha value is -2.70. The van der Waals surface area contributed by atoms with E-state index in [1.807, 2.05) is 25.1 Å². The molecule has 1 aromatic carbocycles. The highest BCUT2D eigenvalue weighted by atomic mass is 15.5. The van der Waals surface area contributed by atoms with E-state index < -0.39 is 0 Å². The maximum absolute atomic E-state index is 4.31. The van der Waals surface area contributed by atoms with Crippen LogP contribution in [0.15, 0.2) is 36.4 Å². The molecule has 2 heterocycles. The largest absolute Gasteiger partial charge is 0.365 e. The standard InChI is InChI=1S/C14H17N7/c1-11-9-12(16-15-11)10-21(13-5-3-2-4-6-13)8-7-14-17-19-20-18-14/h2-6,9H,7-8,10H2,1H3,(H,15,16)(H,17,18,19,20). The van der Waals surface area contributed by atoms with E-state index in [0.29, 0.717) is 5.82 Å². The van der Waals surface area contributed by atoms with Crippen LogP contribution < -0.4 is 4.90 Å². The number of anilines is 1. The van der Waals surface area contributed by atoms with Gasteiger partial charge in [0.05, 0.1) is 12.2 Å². The van der Waals surface area contributed by atoms with E-state index in [-0.39, 0.29) is 0 Å². The molecule has 0 aliphatic rings. The Kier molecular flexibility index (Phi) is 3.90. The van der Waals surface area contributed by atoms with Crippen molar-refractivity contribution < 1.29 is 0 Å². The number of aromatic nitrogens is 6. The van der Waals surface area contributed by atoms with Gasteiger partial charge in [0, 0.05) is 24.3 Å².